The number of fused-ring (bicyclic) bond motifs is 3. The summed E-state index contributed by atoms with van der Waals surface area (Å²) >= 11 is 1.72. The monoisotopic (exact) mass is 479 g/mol. The molecule has 0 atom stereocenters. The van der Waals surface area contributed by atoms with Crippen molar-refractivity contribution in [1.29, 1.82) is 0 Å². The molecule has 34 heavy (non-hydrogen) atoms. The molecule has 8 heteroatoms. The van der Waals surface area contributed by atoms with Crippen molar-refractivity contribution >= 4 is 38.5 Å². The molecule has 1 fully saturated rings. The first kappa shape index (κ1) is 23.9. The van der Waals surface area contributed by atoms with E-state index in [9.17, 15) is 9.59 Å². The number of aliphatic carboxylic acids is 1. The lowest BCUT2D eigenvalue weighted by atomic mass is 9.82. The van der Waals surface area contributed by atoms with Crippen molar-refractivity contribution in [3.63, 3.8) is 0 Å². The zero-order valence-corrected chi connectivity index (χ0v) is 19.7. The third-order valence-corrected chi connectivity index (χ3v) is 7.27. The number of thiazole rings is 1. The summed E-state index contributed by atoms with van der Waals surface area (Å²) in [5.41, 5.74) is 7.82. The van der Waals surface area contributed by atoms with Gasteiger partial charge in [-0.25, -0.2) is 4.98 Å². The number of ether oxygens (including phenoxy) is 1. The Labute approximate surface area is 202 Å². The SMILES string of the molecule is NC[C@H]1CC[C@H](C(=O)Oc2ccc(CCC(=O)O)cc2)CC1.c1ccc2c(c1)sc1nccn12. The van der Waals surface area contributed by atoms with Gasteiger partial charge in [-0.2, -0.15) is 0 Å². The first-order valence-electron chi connectivity index (χ1n) is 11.6. The fourth-order valence-electron chi connectivity index (χ4n) is 4.20. The number of carboxylic acid groups (broad SMARTS) is 1. The van der Waals surface area contributed by atoms with E-state index in [4.69, 9.17) is 15.6 Å². The quantitative estimate of drug-likeness (QED) is 0.300. The van der Waals surface area contributed by atoms with Crippen LogP contribution in [0.1, 0.15) is 37.7 Å². The number of carbonyl (C=O) groups excluding carboxylic acids is 1. The molecule has 5 rings (SSSR count). The normalized spacial score (nSPS) is 17.8. The Balaban J connectivity index is 0.000000189. The van der Waals surface area contributed by atoms with Crippen molar-refractivity contribution in [2.24, 2.45) is 17.6 Å². The maximum absolute atomic E-state index is 12.1. The van der Waals surface area contributed by atoms with Gasteiger partial charge in [-0.15, -0.1) is 0 Å². The predicted octanol–water partition coefficient (Wildman–Crippen LogP) is 4.92. The topological polar surface area (TPSA) is 107 Å². The Morgan fingerprint density at radius 1 is 1.09 bits per heavy atom. The Kier molecular flexibility index (Phi) is 7.92. The highest BCUT2D eigenvalue weighted by Gasteiger charge is 2.27. The van der Waals surface area contributed by atoms with Gasteiger partial charge in [-0.05, 0) is 74.4 Å². The standard InChI is InChI=1S/C17H23NO4.C9H6N2S/c18-11-13-1-6-14(7-2-13)17(21)22-15-8-3-12(4-9-15)5-10-16(19)20;1-2-4-8-7(3-1)11-6-5-10-9(11)12-8/h3-4,8-9,13-14H,1-2,5-7,10-11,18H2,(H,19,20);1-6H/t13-,14-;. The minimum atomic E-state index is -0.816. The number of rotatable bonds is 6. The van der Waals surface area contributed by atoms with Gasteiger partial charge in [-0.3, -0.25) is 14.0 Å². The Hall–Kier alpha value is -3.23. The number of nitrogens with two attached hydrogens (primary N) is 1. The van der Waals surface area contributed by atoms with E-state index >= 15 is 0 Å². The minimum absolute atomic E-state index is 0.0329. The van der Waals surface area contributed by atoms with Crippen LogP contribution < -0.4 is 10.5 Å². The predicted molar refractivity (Wildman–Crippen MR) is 133 cm³/mol. The molecule has 0 unspecified atom stereocenters. The Morgan fingerprint density at radius 3 is 2.53 bits per heavy atom. The maximum atomic E-state index is 12.1. The zero-order valence-electron chi connectivity index (χ0n) is 18.9. The number of imidazole rings is 1. The molecule has 178 valence electrons. The van der Waals surface area contributed by atoms with Crippen LogP contribution in [-0.4, -0.2) is 33.0 Å². The number of carboxylic acids is 1. The van der Waals surface area contributed by atoms with Gasteiger partial charge in [0.05, 0.1) is 16.1 Å². The summed E-state index contributed by atoms with van der Waals surface area (Å²) in [6.07, 6.45) is 8.08. The lowest BCUT2D eigenvalue weighted by Crippen LogP contribution is -2.28. The fraction of sp³-hybridized carbons (Fsp3) is 0.346. The third-order valence-electron chi connectivity index (χ3n) is 6.22. The van der Waals surface area contributed by atoms with Crippen LogP contribution in [0.15, 0.2) is 60.9 Å². The molecular weight excluding hydrogens is 450 g/mol. The number of para-hydroxylation sites is 1. The molecule has 0 saturated heterocycles. The van der Waals surface area contributed by atoms with E-state index in [-0.39, 0.29) is 18.3 Å². The van der Waals surface area contributed by atoms with Gasteiger partial charge < -0.3 is 15.6 Å². The summed E-state index contributed by atoms with van der Waals surface area (Å²) in [6.45, 7) is 0.694. The molecule has 0 bridgehead atoms. The van der Waals surface area contributed by atoms with E-state index < -0.39 is 5.97 Å². The summed E-state index contributed by atoms with van der Waals surface area (Å²) in [4.78, 5) is 28.0. The van der Waals surface area contributed by atoms with Crippen LogP contribution in [0.4, 0.5) is 0 Å². The first-order valence-corrected chi connectivity index (χ1v) is 12.4. The molecule has 4 aromatic rings. The van der Waals surface area contributed by atoms with Crippen LogP contribution in [0.5, 0.6) is 5.75 Å². The van der Waals surface area contributed by atoms with Crippen molar-refractivity contribution in [3.8, 4) is 5.75 Å². The molecule has 0 amide bonds. The van der Waals surface area contributed by atoms with Crippen molar-refractivity contribution in [1.82, 2.24) is 9.38 Å². The van der Waals surface area contributed by atoms with Gasteiger partial charge in [0.25, 0.3) is 0 Å². The molecule has 0 spiro atoms. The van der Waals surface area contributed by atoms with E-state index in [1.54, 1.807) is 35.6 Å². The second-order valence-electron chi connectivity index (χ2n) is 8.56. The first-order chi connectivity index (χ1) is 16.5. The third kappa shape index (κ3) is 6.01. The summed E-state index contributed by atoms with van der Waals surface area (Å²) in [6, 6.07) is 15.4. The molecule has 2 aromatic heterocycles. The van der Waals surface area contributed by atoms with Crippen LogP contribution in [0.3, 0.4) is 0 Å². The summed E-state index contributed by atoms with van der Waals surface area (Å²) in [5.74, 6) is 0.0365. The Bertz CT molecular complexity index is 1240. The van der Waals surface area contributed by atoms with Crippen molar-refractivity contribution in [2.45, 2.75) is 38.5 Å². The maximum Gasteiger partial charge on any atom is 0.314 e. The highest BCUT2D eigenvalue weighted by Crippen LogP contribution is 2.29. The van der Waals surface area contributed by atoms with Crippen LogP contribution in [-0.2, 0) is 16.0 Å². The number of aromatic nitrogens is 2. The van der Waals surface area contributed by atoms with E-state index in [1.807, 2.05) is 12.4 Å². The molecule has 2 heterocycles. The smallest absolute Gasteiger partial charge is 0.314 e. The van der Waals surface area contributed by atoms with E-state index in [0.717, 1.165) is 36.2 Å². The lowest BCUT2D eigenvalue weighted by molar-refractivity contribution is -0.140. The van der Waals surface area contributed by atoms with Crippen molar-refractivity contribution < 1.29 is 19.4 Å². The summed E-state index contributed by atoms with van der Waals surface area (Å²) < 4.78 is 8.82. The minimum Gasteiger partial charge on any atom is -0.481 e. The second-order valence-corrected chi connectivity index (χ2v) is 9.57. The number of nitrogens with zero attached hydrogens (tertiary/aromatic N) is 2. The molecule has 1 aliphatic rings. The summed E-state index contributed by atoms with van der Waals surface area (Å²) in [7, 11) is 0. The lowest BCUT2D eigenvalue weighted by Gasteiger charge is -2.26. The van der Waals surface area contributed by atoms with Gasteiger partial charge in [-0.1, -0.05) is 35.6 Å². The molecule has 0 radical (unpaired) electrons. The summed E-state index contributed by atoms with van der Waals surface area (Å²) in [5, 5.41) is 8.65. The van der Waals surface area contributed by atoms with Gasteiger partial charge in [0.15, 0.2) is 4.96 Å². The average Bonchev–Trinajstić information content (AvgIpc) is 3.46. The zero-order chi connectivity index (χ0) is 23.9. The van der Waals surface area contributed by atoms with Gasteiger partial charge >= 0.3 is 11.9 Å². The second kappa shape index (κ2) is 11.3. The van der Waals surface area contributed by atoms with E-state index in [2.05, 4.69) is 33.7 Å². The molecule has 1 saturated carbocycles. The number of carbonyl (C=O) groups is 2. The van der Waals surface area contributed by atoms with E-state index in [0.29, 0.717) is 24.6 Å². The van der Waals surface area contributed by atoms with Gasteiger partial charge in [0.2, 0.25) is 0 Å². The van der Waals surface area contributed by atoms with Gasteiger partial charge in [0, 0.05) is 18.8 Å². The number of hydrogen-bond donors (Lipinski definition) is 2. The Morgan fingerprint density at radius 2 is 1.82 bits per heavy atom. The average molecular weight is 480 g/mol. The van der Waals surface area contributed by atoms with Crippen LogP contribution in [0, 0.1) is 11.8 Å². The van der Waals surface area contributed by atoms with Crippen molar-refractivity contribution in [3.05, 3.63) is 66.5 Å². The van der Waals surface area contributed by atoms with Crippen LogP contribution >= 0.6 is 11.3 Å². The molecule has 1 aliphatic carbocycles. The molecule has 7 nitrogen and oxygen atoms in total. The largest absolute Gasteiger partial charge is 0.481 e. The number of hydrogen-bond acceptors (Lipinski definition) is 6. The number of esters is 1. The highest BCUT2D eigenvalue weighted by molar-refractivity contribution is 7.23. The molecule has 0 aliphatic heterocycles. The van der Waals surface area contributed by atoms with Crippen molar-refractivity contribution in [2.75, 3.05) is 6.54 Å². The van der Waals surface area contributed by atoms with Crippen LogP contribution in [0.25, 0.3) is 15.2 Å². The fourth-order valence-corrected chi connectivity index (χ4v) is 5.18. The van der Waals surface area contributed by atoms with Crippen LogP contribution in [0.2, 0.25) is 0 Å². The molecule has 3 N–H and O–H groups in total. The van der Waals surface area contributed by atoms with E-state index in [1.165, 1.54) is 10.2 Å². The molecular formula is C26H29N3O4S. The molecule has 2 aromatic carbocycles. The highest BCUT2D eigenvalue weighted by atomic mass is 32.1. The number of benzene rings is 2. The number of aryl methyl sites for hydroxylation is 1. The van der Waals surface area contributed by atoms with Gasteiger partial charge in [0.1, 0.15) is 5.75 Å².